The molecule has 2 heterocycles. The highest BCUT2D eigenvalue weighted by Gasteiger charge is 2.15. The lowest BCUT2D eigenvalue weighted by molar-refractivity contribution is 0.122. The van der Waals surface area contributed by atoms with Gasteiger partial charge in [0.15, 0.2) is 0 Å². The summed E-state index contributed by atoms with van der Waals surface area (Å²) < 4.78 is 7.06. The van der Waals surface area contributed by atoms with E-state index in [2.05, 4.69) is 15.0 Å². The van der Waals surface area contributed by atoms with Gasteiger partial charge in [-0.05, 0) is 24.3 Å². The highest BCUT2D eigenvalue weighted by atomic mass is 16.5. The summed E-state index contributed by atoms with van der Waals surface area (Å²) in [5, 5.41) is 4.47. The first-order chi connectivity index (χ1) is 8.83. The summed E-state index contributed by atoms with van der Waals surface area (Å²) in [7, 11) is 0. The summed E-state index contributed by atoms with van der Waals surface area (Å²) in [4.78, 5) is 6.45. The fourth-order valence-corrected chi connectivity index (χ4v) is 1.91. The van der Waals surface area contributed by atoms with Gasteiger partial charge in [-0.3, -0.25) is 0 Å². The lowest BCUT2D eigenvalue weighted by atomic mass is 10.3. The molecule has 1 fully saturated rings. The SMILES string of the molecule is Nc1ccc(-n2cnc(N3CCOCC3)n2)cc1. The van der Waals surface area contributed by atoms with Gasteiger partial charge in [0.2, 0.25) is 5.95 Å². The highest BCUT2D eigenvalue weighted by molar-refractivity contribution is 5.45. The molecule has 18 heavy (non-hydrogen) atoms. The van der Waals surface area contributed by atoms with Gasteiger partial charge in [0.05, 0.1) is 18.9 Å². The Kier molecular flexibility index (Phi) is 2.85. The van der Waals surface area contributed by atoms with Gasteiger partial charge in [0.1, 0.15) is 6.33 Å². The summed E-state index contributed by atoms with van der Waals surface area (Å²) in [6.07, 6.45) is 1.72. The Balaban J connectivity index is 1.82. The highest BCUT2D eigenvalue weighted by Crippen LogP contribution is 2.13. The molecular weight excluding hydrogens is 230 g/mol. The van der Waals surface area contributed by atoms with Gasteiger partial charge in [0, 0.05) is 18.8 Å². The molecule has 1 saturated heterocycles. The summed E-state index contributed by atoms with van der Waals surface area (Å²) in [5.41, 5.74) is 7.36. The monoisotopic (exact) mass is 245 g/mol. The van der Waals surface area contributed by atoms with Gasteiger partial charge in [-0.25, -0.2) is 4.68 Å². The van der Waals surface area contributed by atoms with Crippen LogP contribution in [0.3, 0.4) is 0 Å². The average molecular weight is 245 g/mol. The molecular formula is C12H15N5O. The number of nitrogen functional groups attached to an aromatic ring is 1. The molecule has 0 radical (unpaired) electrons. The van der Waals surface area contributed by atoms with Crippen molar-refractivity contribution in [2.45, 2.75) is 0 Å². The molecule has 6 nitrogen and oxygen atoms in total. The third kappa shape index (κ3) is 2.14. The molecule has 0 amide bonds. The van der Waals surface area contributed by atoms with E-state index in [4.69, 9.17) is 10.5 Å². The Labute approximate surface area is 105 Å². The Hall–Kier alpha value is -2.08. The predicted molar refractivity (Wildman–Crippen MR) is 68.8 cm³/mol. The second-order valence-electron chi connectivity index (χ2n) is 4.18. The zero-order valence-corrected chi connectivity index (χ0v) is 9.99. The molecule has 94 valence electrons. The molecule has 3 rings (SSSR count). The normalized spacial score (nSPS) is 15.9. The second-order valence-corrected chi connectivity index (χ2v) is 4.18. The van der Waals surface area contributed by atoms with E-state index in [-0.39, 0.29) is 0 Å². The summed E-state index contributed by atoms with van der Waals surface area (Å²) >= 11 is 0. The van der Waals surface area contributed by atoms with Crippen LogP contribution in [0.4, 0.5) is 11.6 Å². The number of nitrogens with zero attached hydrogens (tertiary/aromatic N) is 4. The first-order valence-electron chi connectivity index (χ1n) is 5.93. The average Bonchev–Trinajstić information content (AvgIpc) is 2.90. The number of anilines is 2. The van der Waals surface area contributed by atoms with Crippen LogP contribution in [0.15, 0.2) is 30.6 Å². The van der Waals surface area contributed by atoms with Crippen LogP contribution in [0.25, 0.3) is 5.69 Å². The maximum atomic E-state index is 5.66. The van der Waals surface area contributed by atoms with Crippen molar-refractivity contribution in [3.63, 3.8) is 0 Å². The van der Waals surface area contributed by atoms with Crippen molar-refractivity contribution in [1.29, 1.82) is 0 Å². The first kappa shape index (κ1) is 11.0. The van der Waals surface area contributed by atoms with Crippen molar-refractivity contribution in [2.75, 3.05) is 36.9 Å². The van der Waals surface area contributed by atoms with Gasteiger partial charge in [-0.1, -0.05) is 0 Å². The Bertz CT molecular complexity index is 516. The molecule has 0 aliphatic carbocycles. The summed E-state index contributed by atoms with van der Waals surface area (Å²) in [5.74, 6) is 0.745. The van der Waals surface area contributed by atoms with E-state index in [1.165, 1.54) is 0 Å². The van der Waals surface area contributed by atoms with E-state index in [0.717, 1.165) is 43.6 Å². The smallest absolute Gasteiger partial charge is 0.245 e. The molecule has 1 aliphatic rings. The lowest BCUT2D eigenvalue weighted by Gasteiger charge is -2.25. The molecule has 1 aromatic heterocycles. The summed E-state index contributed by atoms with van der Waals surface area (Å²) in [6, 6.07) is 7.55. The Morgan fingerprint density at radius 1 is 1.11 bits per heavy atom. The second kappa shape index (κ2) is 4.66. The minimum atomic E-state index is 0.733. The van der Waals surface area contributed by atoms with E-state index in [1.54, 1.807) is 11.0 Å². The van der Waals surface area contributed by atoms with Gasteiger partial charge < -0.3 is 15.4 Å². The Morgan fingerprint density at radius 3 is 2.56 bits per heavy atom. The van der Waals surface area contributed by atoms with E-state index in [9.17, 15) is 0 Å². The van der Waals surface area contributed by atoms with Crippen LogP contribution in [0.5, 0.6) is 0 Å². The molecule has 6 heteroatoms. The molecule has 0 bridgehead atoms. The van der Waals surface area contributed by atoms with E-state index in [1.807, 2.05) is 24.3 Å². The van der Waals surface area contributed by atoms with E-state index >= 15 is 0 Å². The third-order valence-corrected chi connectivity index (χ3v) is 2.93. The van der Waals surface area contributed by atoms with Crippen LogP contribution in [0.1, 0.15) is 0 Å². The Morgan fingerprint density at radius 2 is 1.83 bits per heavy atom. The predicted octanol–water partition coefficient (Wildman–Crippen LogP) is 0.686. The van der Waals surface area contributed by atoms with Crippen LogP contribution in [-0.4, -0.2) is 41.1 Å². The first-order valence-corrected chi connectivity index (χ1v) is 5.93. The molecule has 0 saturated carbocycles. The quantitative estimate of drug-likeness (QED) is 0.788. The number of nitrogens with two attached hydrogens (primary N) is 1. The number of benzene rings is 1. The van der Waals surface area contributed by atoms with Crippen LogP contribution in [0, 0.1) is 0 Å². The van der Waals surface area contributed by atoms with Crippen molar-refractivity contribution < 1.29 is 4.74 Å². The molecule has 0 atom stereocenters. The van der Waals surface area contributed by atoms with Gasteiger partial charge in [-0.15, -0.1) is 5.10 Å². The molecule has 2 aromatic rings. The maximum Gasteiger partial charge on any atom is 0.245 e. The molecule has 1 aliphatic heterocycles. The van der Waals surface area contributed by atoms with Crippen LogP contribution >= 0.6 is 0 Å². The number of ether oxygens (including phenoxy) is 1. The van der Waals surface area contributed by atoms with E-state index < -0.39 is 0 Å². The van der Waals surface area contributed by atoms with Crippen LogP contribution in [0.2, 0.25) is 0 Å². The fraction of sp³-hybridized carbons (Fsp3) is 0.333. The van der Waals surface area contributed by atoms with E-state index in [0.29, 0.717) is 0 Å². The minimum absolute atomic E-state index is 0.733. The molecule has 0 spiro atoms. The van der Waals surface area contributed by atoms with Crippen LogP contribution < -0.4 is 10.6 Å². The van der Waals surface area contributed by atoms with Gasteiger partial charge in [-0.2, -0.15) is 4.98 Å². The fourth-order valence-electron chi connectivity index (χ4n) is 1.91. The largest absolute Gasteiger partial charge is 0.399 e. The maximum absolute atomic E-state index is 5.66. The number of aromatic nitrogens is 3. The topological polar surface area (TPSA) is 69.2 Å². The van der Waals surface area contributed by atoms with Crippen molar-refractivity contribution in [1.82, 2.24) is 14.8 Å². The molecule has 2 N–H and O–H groups in total. The van der Waals surface area contributed by atoms with Crippen molar-refractivity contribution in [3.8, 4) is 5.69 Å². The zero-order chi connectivity index (χ0) is 12.4. The van der Waals surface area contributed by atoms with Crippen molar-refractivity contribution in [3.05, 3.63) is 30.6 Å². The number of morpholine rings is 1. The standard InChI is InChI=1S/C12H15N5O/c13-10-1-3-11(4-2-10)17-9-14-12(15-17)16-5-7-18-8-6-16/h1-4,9H,5-8,13H2. The minimum Gasteiger partial charge on any atom is -0.399 e. The zero-order valence-electron chi connectivity index (χ0n) is 9.99. The number of hydrogen-bond donors (Lipinski definition) is 1. The van der Waals surface area contributed by atoms with Crippen molar-refractivity contribution in [2.24, 2.45) is 0 Å². The molecule has 1 aromatic carbocycles. The summed E-state index contributed by atoms with van der Waals surface area (Å²) in [6.45, 7) is 3.14. The van der Waals surface area contributed by atoms with Crippen molar-refractivity contribution >= 4 is 11.6 Å². The lowest BCUT2D eigenvalue weighted by Crippen LogP contribution is -2.37. The van der Waals surface area contributed by atoms with Gasteiger partial charge in [0.25, 0.3) is 0 Å². The molecule has 0 unspecified atom stereocenters. The number of hydrogen-bond acceptors (Lipinski definition) is 5. The van der Waals surface area contributed by atoms with Crippen LogP contribution in [-0.2, 0) is 4.74 Å². The van der Waals surface area contributed by atoms with Gasteiger partial charge >= 0.3 is 0 Å². The third-order valence-electron chi connectivity index (χ3n) is 2.93. The number of rotatable bonds is 2.